The van der Waals surface area contributed by atoms with Crippen LogP contribution in [0.25, 0.3) is 0 Å². The molecule has 0 spiro atoms. The first-order chi connectivity index (χ1) is 16.7. The number of rotatable bonds is 7. The number of aliphatic hydroxyl groups is 2. The Morgan fingerprint density at radius 2 is 1.77 bits per heavy atom. The van der Waals surface area contributed by atoms with Crippen LogP contribution < -0.4 is 11.2 Å². The number of esters is 1. The van der Waals surface area contributed by atoms with Crippen LogP contribution >= 0.6 is 0 Å². The number of aromatic amines is 1. The topological polar surface area (TPSA) is 153 Å². The summed E-state index contributed by atoms with van der Waals surface area (Å²) in [6, 6.07) is 11.6. The highest BCUT2D eigenvalue weighted by Gasteiger charge is 2.44. The third-order valence-electron chi connectivity index (χ3n) is 5.97. The van der Waals surface area contributed by atoms with E-state index in [9.17, 15) is 29.4 Å². The molecule has 184 valence electrons. The number of carbonyl (C=O) groups is 2. The van der Waals surface area contributed by atoms with Gasteiger partial charge in [-0.25, -0.2) is 4.79 Å². The van der Waals surface area contributed by atoms with E-state index < -0.39 is 41.8 Å². The fourth-order valence-electron chi connectivity index (χ4n) is 3.91. The third-order valence-corrected chi connectivity index (χ3v) is 5.97. The van der Waals surface area contributed by atoms with Gasteiger partial charge in [-0.15, -0.1) is 0 Å². The van der Waals surface area contributed by atoms with Gasteiger partial charge in [-0.2, -0.15) is 0 Å². The Balaban J connectivity index is 1.37. The van der Waals surface area contributed by atoms with Crippen molar-refractivity contribution in [3.05, 3.63) is 92.0 Å². The van der Waals surface area contributed by atoms with Gasteiger partial charge >= 0.3 is 11.7 Å². The molecule has 0 saturated carbocycles. The summed E-state index contributed by atoms with van der Waals surface area (Å²) in [7, 11) is 1.68. The van der Waals surface area contributed by atoms with E-state index in [1.54, 1.807) is 35.9 Å². The molecule has 4 atom stereocenters. The SMILES string of the molecule is Cc1ccc(C(=O)c2ccc(CC(=O)OC[C@H]3O[C@@H](n4ccc(=O)[nH]c4=O)[C@H](O)[C@@H]3O)n2C)cc1. The quantitative estimate of drug-likeness (QED) is 0.309. The second kappa shape index (κ2) is 9.82. The van der Waals surface area contributed by atoms with Crippen molar-refractivity contribution in [1.82, 2.24) is 14.1 Å². The van der Waals surface area contributed by atoms with Gasteiger partial charge in [0.2, 0.25) is 5.78 Å². The molecular weight excluding hydrogens is 458 g/mol. The highest BCUT2D eigenvalue weighted by atomic mass is 16.6. The number of aryl methyl sites for hydroxylation is 1. The number of aliphatic hydroxyl groups excluding tert-OH is 2. The second-order valence-electron chi connectivity index (χ2n) is 8.39. The zero-order valence-corrected chi connectivity index (χ0v) is 19.1. The average molecular weight is 483 g/mol. The number of ether oxygens (including phenoxy) is 2. The van der Waals surface area contributed by atoms with Crippen LogP contribution in [0.4, 0.5) is 0 Å². The second-order valence-corrected chi connectivity index (χ2v) is 8.39. The summed E-state index contributed by atoms with van der Waals surface area (Å²) in [4.78, 5) is 50.5. The minimum absolute atomic E-state index is 0.133. The molecule has 0 radical (unpaired) electrons. The number of ketones is 1. The molecule has 1 aliphatic rings. The Bertz CT molecular complexity index is 1350. The van der Waals surface area contributed by atoms with Crippen LogP contribution in [0.1, 0.15) is 33.5 Å². The largest absolute Gasteiger partial charge is 0.463 e. The highest BCUT2D eigenvalue weighted by Crippen LogP contribution is 2.28. The van der Waals surface area contributed by atoms with Crippen molar-refractivity contribution >= 4 is 11.8 Å². The minimum atomic E-state index is -1.48. The molecule has 2 aromatic heterocycles. The van der Waals surface area contributed by atoms with E-state index in [-0.39, 0.29) is 18.8 Å². The Labute approximate surface area is 199 Å². The minimum Gasteiger partial charge on any atom is -0.463 e. The van der Waals surface area contributed by atoms with Gasteiger partial charge in [0.15, 0.2) is 6.23 Å². The van der Waals surface area contributed by atoms with Crippen molar-refractivity contribution in [3.8, 4) is 0 Å². The summed E-state index contributed by atoms with van der Waals surface area (Å²) in [6.45, 7) is 1.56. The first kappa shape index (κ1) is 24.3. The Kier molecular flexibility index (Phi) is 6.83. The zero-order chi connectivity index (χ0) is 25.3. The van der Waals surface area contributed by atoms with Crippen LogP contribution in [0.15, 0.2) is 58.3 Å². The highest BCUT2D eigenvalue weighted by molar-refractivity contribution is 6.08. The molecule has 4 rings (SSSR count). The van der Waals surface area contributed by atoms with Crippen LogP contribution in [0, 0.1) is 6.92 Å². The first-order valence-corrected chi connectivity index (χ1v) is 10.9. The maximum Gasteiger partial charge on any atom is 0.330 e. The van der Waals surface area contributed by atoms with Gasteiger partial charge in [0.1, 0.15) is 24.9 Å². The molecule has 35 heavy (non-hydrogen) atoms. The van der Waals surface area contributed by atoms with Gasteiger partial charge in [-0.3, -0.25) is 23.9 Å². The number of H-pyrrole nitrogens is 1. The molecule has 3 aromatic rings. The fourth-order valence-corrected chi connectivity index (χ4v) is 3.91. The molecule has 1 saturated heterocycles. The predicted octanol–water partition coefficient (Wildman–Crippen LogP) is -0.180. The number of nitrogens with one attached hydrogen (secondary N) is 1. The molecule has 0 aliphatic carbocycles. The summed E-state index contributed by atoms with van der Waals surface area (Å²) in [6.07, 6.45) is -4.26. The third kappa shape index (κ3) is 5.02. The predicted molar refractivity (Wildman–Crippen MR) is 122 cm³/mol. The molecule has 3 N–H and O–H groups in total. The lowest BCUT2D eigenvalue weighted by Gasteiger charge is -2.16. The number of hydrogen-bond acceptors (Lipinski definition) is 8. The number of hydrogen-bond donors (Lipinski definition) is 3. The Morgan fingerprint density at radius 1 is 1.06 bits per heavy atom. The van der Waals surface area contributed by atoms with Crippen LogP contribution in [0.5, 0.6) is 0 Å². The van der Waals surface area contributed by atoms with Crippen LogP contribution in [-0.2, 0) is 27.7 Å². The van der Waals surface area contributed by atoms with E-state index in [4.69, 9.17) is 9.47 Å². The van der Waals surface area contributed by atoms with Gasteiger partial charge in [0.25, 0.3) is 5.56 Å². The first-order valence-electron chi connectivity index (χ1n) is 10.9. The lowest BCUT2D eigenvalue weighted by Crippen LogP contribution is -2.37. The smallest absolute Gasteiger partial charge is 0.330 e. The van der Waals surface area contributed by atoms with Crippen molar-refractivity contribution in [2.45, 2.75) is 37.9 Å². The van der Waals surface area contributed by atoms with Crippen molar-refractivity contribution < 1.29 is 29.3 Å². The summed E-state index contributed by atoms with van der Waals surface area (Å²) in [5.41, 5.74) is 1.12. The molecule has 1 aliphatic heterocycles. The van der Waals surface area contributed by atoms with E-state index >= 15 is 0 Å². The van der Waals surface area contributed by atoms with Crippen LogP contribution in [0.3, 0.4) is 0 Å². The average Bonchev–Trinajstić information content (AvgIpc) is 3.32. The molecular formula is C24H25N3O8. The van der Waals surface area contributed by atoms with Gasteiger partial charge in [0, 0.05) is 30.6 Å². The molecule has 11 nitrogen and oxygen atoms in total. The molecule has 0 amide bonds. The monoisotopic (exact) mass is 483 g/mol. The fraction of sp³-hybridized carbons (Fsp3) is 0.333. The molecule has 11 heteroatoms. The number of benzene rings is 1. The molecule has 1 fully saturated rings. The van der Waals surface area contributed by atoms with Crippen LogP contribution in [-0.4, -0.2) is 61.0 Å². The number of aromatic nitrogens is 3. The number of carbonyl (C=O) groups excluding carboxylic acids is 2. The lowest BCUT2D eigenvalue weighted by molar-refractivity contribution is -0.149. The normalized spacial score (nSPS) is 21.7. The van der Waals surface area contributed by atoms with Crippen molar-refractivity contribution in [3.63, 3.8) is 0 Å². The maximum absolute atomic E-state index is 12.8. The van der Waals surface area contributed by atoms with Gasteiger partial charge < -0.3 is 24.3 Å². The summed E-state index contributed by atoms with van der Waals surface area (Å²) in [5.74, 6) is -0.803. The van der Waals surface area contributed by atoms with Crippen molar-refractivity contribution in [2.75, 3.05) is 6.61 Å². The van der Waals surface area contributed by atoms with Crippen molar-refractivity contribution in [1.29, 1.82) is 0 Å². The van der Waals surface area contributed by atoms with Crippen molar-refractivity contribution in [2.24, 2.45) is 7.05 Å². The van der Waals surface area contributed by atoms with E-state index in [0.717, 1.165) is 22.4 Å². The molecule has 1 aromatic carbocycles. The van der Waals surface area contributed by atoms with E-state index in [0.29, 0.717) is 17.0 Å². The summed E-state index contributed by atoms with van der Waals surface area (Å²) in [5, 5.41) is 20.5. The molecule has 3 heterocycles. The zero-order valence-electron chi connectivity index (χ0n) is 19.1. The molecule has 0 bridgehead atoms. The van der Waals surface area contributed by atoms with Gasteiger partial charge in [-0.05, 0) is 19.1 Å². The number of nitrogens with zero attached hydrogens (tertiary/aromatic N) is 2. The molecule has 0 unspecified atom stereocenters. The summed E-state index contributed by atoms with van der Waals surface area (Å²) < 4.78 is 13.3. The standard InChI is InChI=1S/C24H25N3O8/c1-13-3-5-14(6-4-13)20(30)16-8-7-15(26(16)2)11-19(29)34-12-17-21(31)22(32)23(35-17)27-10-9-18(28)25-24(27)33/h3-10,17,21-23,31-32H,11-12H2,1-2H3,(H,25,28,33)/t17-,21-,22-,23-/m1/s1. The summed E-state index contributed by atoms with van der Waals surface area (Å²) >= 11 is 0. The van der Waals surface area contributed by atoms with E-state index in [1.807, 2.05) is 24.0 Å². The van der Waals surface area contributed by atoms with E-state index in [1.165, 1.54) is 0 Å². The lowest BCUT2D eigenvalue weighted by atomic mass is 10.1. The maximum atomic E-state index is 12.8. The van der Waals surface area contributed by atoms with E-state index in [2.05, 4.69) is 0 Å². The van der Waals surface area contributed by atoms with Gasteiger partial charge in [-0.1, -0.05) is 29.8 Å². The van der Waals surface area contributed by atoms with Gasteiger partial charge in [0.05, 0.1) is 12.1 Å². The van der Waals surface area contributed by atoms with Crippen LogP contribution in [0.2, 0.25) is 0 Å². The Hall–Kier alpha value is -3.80. The Morgan fingerprint density at radius 3 is 2.46 bits per heavy atom.